The minimum atomic E-state index is -0.550. The number of hydrogen-bond donors (Lipinski definition) is 2. The van der Waals surface area contributed by atoms with Gasteiger partial charge >= 0.3 is 0 Å². The molecule has 1 amide bonds. The zero-order valence-electron chi connectivity index (χ0n) is 11.7. The number of hydrogen-bond acceptors (Lipinski definition) is 4. The number of fused-ring (bicyclic) bond motifs is 2. The van der Waals surface area contributed by atoms with Crippen molar-refractivity contribution in [1.82, 2.24) is 0 Å². The van der Waals surface area contributed by atoms with Crippen molar-refractivity contribution in [3.05, 3.63) is 60.2 Å². The fraction of sp³-hybridized carbons (Fsp3) is 0.118. The van der Waals surface area contributed by atoms with Crippen LogP contribution >= 0.6 is 0 Å². The van der Waals surface area contributed by atoms with Crippen LogP contribution in [0.4, 0.5) is 11.4 Å². The van der Waals surface area contributed by atoms with Gasteiger partial charge in [0, 0.05) is 5.69 Å². The first kappa shape index (κ1) is 14.0. The van der Waals surface area contributed by atoms with Gasteiger partial charge in [0.2, 0.25) is 5.91 Å². The van der Waals surface area contributed by atoms with Gasteiger partial charge in [0.1, 0.15) is 0 Å². The highest BCUT2D eigenvalue weighted by Gasteiger charge is 2.41. The lowest BCUT2D eigenvalue weighted by molar-refractivity contribution is -0.111. The molecule has 0 aromatic heterocycles. The zero-order valence-corrected chi connectivity index (χ0v) is 11.7. The molecule has 0 saturated heterocycles. The van der Waals surface area contributed by atoms with E-state index in [9.17, 15) is 14.4 Å². The van der Waals surface area contributed by atoms with Crippen molar-refractivity contribution in [3.8, 4) is 0 Å². The predicted octanol–water partition coefficient (Wildman–Crippen LogP) is 2.13. The lowest BCUT2D eigenvalue weighted by atomic mass is 9.71. The van der Waals surface area contributed by atoms with E-state index in [1.54, 1.807) is 24.3 Å². The van der Waals surface area contributed by atoms with Crippen molar-refractivity contribution >= 4 is 28.8 Å². The molecule has 5 heteroatoms. The molecule has 0 heterocycles. The van der Waals surface area contributed by atoms with Gasteiger partial charge in [-0.05, 0) is 18.2 Å². The molecule has 22 heavy (non-hydrogen) atoms. The molecule has 3 rings (SSSR count). The number of allylic oxidation sites excluding steroid dienone is 4. The summed E-state index contributed by atoms with van der Waals surface area (Å²) in [6.07, 6.45) is 8.00. The highest BCUT2D eigenvalue weighted by atomic mass is 16.2. The van der Waals surface area contributed by atoms with Crippen molar-refractivity contribution in [3.63, 3.8) is 0 Å². The summed E-state index contributed by atoms with van der Waals surface area (Å²) in [6.45, 7) is 3.38. The molecule has 3 N–H and O–H groups in total. The number of carbonyl (C=O) groups is 3. The van der Waals surface area contributed by atoms with Gasteiger partial charge in [-0.15, -0.1) is 0 Å². The van der Waals surface area contributed by atoms with Gasteiger partial charge in [0.15, 0.2) is 11.6 Å². The van der Waals surface area contributed by atoms with Crippen LogP contribution in [0.2, 0.25) is 0 Å². The highest BCUT2D eigenvalue weighted by molar-refractivity contribution is 6.23. The summed E-state index contributed by atoms with van der Waals surface area (Å²) in [5.74, 6) is -1.95. The van der Waals surface area contributed by atoms with Crippen LogP contribution in [0.5, 0.6) is 0 Å². The van der Waals surface area contributed by atoms with E-state index in [0.717, 1.165) is 6.08 Å². The van der Waals surface area contributed by atoms with E-state index in [0.29, 0.717) is 0 Å². The topological polar surface area (TPSA) is 89.3 Å². The van der Waals surface area contributed by atoms with Crippen LogP contribution in [0.1, 0.15) is 20.7 Å². The van der Waals surface area contributed by atoms with Gasteiger partial charge in [-0.25, -0.2) is 0 Å². The quantitative estimate of drug-likeness (QED) is 0.646. The third-order valence-corrected chi connectivity index (χ3v) is 3.91. The smallest absolute Gasteiger partial charge is 0.247 e. The minimum absolute atomic E-state index is 0.182. The molecule has 2 unspecified atom stereocenters. The van der Waals surface area contributed by atoms with E-state index in [-0.39, 0.29) is 34.1 Å². The first-order valence-corrected chi connectivity index (χ1v) is 6.84. The lowest BCUT2D eigenvalue weighted by Gasteiger charge is -2.30. The summed E-state index contributed by atoms with van der Waals surface area (Å²) >= 11 is 0. The molecule has 5 nitrogen and oxygen atoms in total. The molecule has 1 aromatic carbocycles. The first-order valence-electron chi connectivity index (χ1n) is 6.84. The van der Waals surface area contributed by atoms with E-state index in [1.165, 1.54) is 12.1 Å². The number of benzene rings is 1. The van der Waals surface area contributed by atoms with Crippen LogP contribution in [0.3, 0.4) is 0 Å². The Hall–Kier alpha value is -2.95. The number of nitrogens with two attached hydrogens (primary N) is 1. The molecule has 2 atom stereocenters. The van der Waals surface area contributed by atoms with E-state index < -0.39 is 17.7 Å². The summed E-state index contributed by atoms with van der Waals surface area (Å²) in [4.78, 5) is 37.0. The predicted molar refractivity (Wildman–Crippen MR) is 83.6 cm³/mol. The average Bonchev–Trinajstić information content (AvgIpc) is 2.54. The molecule has 0 spiro atoms. The van der Waals surface area contributed by atoms with Gasteiger partial charge in [0.05, 0.1) is 28.7 Å². The van der Waals surface area contributed by atoms with Crippen LogP contribution in [-0.2, 0) is 4.79 Å². The zero-order chi connectivity index (χ0) is 15.9. The number of nitrogen functional groups attached to an aromatic ring is 1. The number of amides is 1. The van der Waals surface area contributed by atoms with E-state index >= 15 is 0 Å². The number of anilines is 2. The number of ketones is 2. The molecule has 0 radical (unpaired) electrons. The number of Topliss-reactive ketones (excluding diaryl/α,β-unsaturated/α-hetero) is 2. The molecule has 0 fully saturated rings. The molecule has 110 valence electrons. The molecule has 2 aliphatic carbocycles. The highest BCUT2D eigenvalue weighted by Crippen LogP contribution is 2.39. The largest absolute Gasteiger partial charge is 0.398 e. The molecular weight excluding hydrogens is 280 g/mol. The normalized spacial score (nSPS) is 22.0. The number of rotatable bonds is 2. The van der Waals surface area contributed by atoms with Gasteiger partial charge in [-0.3, -0.25) is 14.4 Å². The number of carbonyl (C=O) groups excluding carboxylic acids is 3. The molecule has 0 saturated carbocycles. The van der Waals surface area contributed by atoms with Crippen molar-refractivity contribution in [1.29, 1.82) is 0 Å². The van der Waals surface area contributed by atoms with Crippen LogP contribution in [0, 0.1) is 11.8 Å². The fourth-order valence-electron chi connectivity index (χ4n) is 2.87. The Morgan fingerprint density at radius 2 is 1.68 bits per heavy atom. The monoisotopic (exact) mass is 294 g/mol. The van der Waals surface area contributed by atoms with Crippen molar-refractivity contribution in [2.75, 3.05) is 11.1 Å². The fourth-order valence-corrected chi connectivity index (χ4v) is 2.87. The van der Waals surface area contributed by atoms with Crippen molar-refractivity contribution in [2.45, 2.75) is 0 Å². The van der Waals surface area contributed by atoms with E-state index in [2.05, 4.69) is 11.9 Å². The van der Waals surface area contributed by atoms with Crippen molar-refractivity contribution < 1.29 is 14.4 Å². The minimum Gasteiger partial charge on any atom is -0.398 e. The van der Waals surface area contributed by atoms with Gasteiger partial charge in [-0.2, -0.15) is 0 Å². The van der Waals surface area contributed by atoms with Crippen LogP contribution in [0.25, 0.3) is 0 Å². The Kier molecular flexibility index (Phi) is 3.25. The summed E-state index contributed by atoms with van der Waals surface area (Å²) in [7, 11) is 0. The lowest BCUT2D eigenvalue weighted by Crippen LogP contribution is -2.36. The van der Waals surface area contributed by atoms with Crippen LogP contribution in [-0.4, -0.2) is 17.5 Å². The summed E-state index contributed by atoms with van der Waals surface area (Å²) in [5.41, 5.74) is 6.80. The van der Waals surface area contributed by atoms with Crippen molar-refractivity contribution in [2.24, 2.45) is 11.8 Å². The standard InChI is InChI=1S/C17H14N2O3/c1-2-13(20)19-12-8-7-11(18)14-15(12)17(22)10-6-4-3-5-9(10)16(14)21/h2-10H,1,18H2,(H,19,20). The first-order chi connectivity index (χ1) is 10.5. The van der Waals surface area contributed by atoms with Gasteiger partial charge in [0.25, 0.3) is 0 Å². The van der Waals surface area contributed by atoms with Gasteiger partial charge in [-0.1, -0.05) is 30.9 Å². The molecule has 1 aromatic rings. The van der Waals surface area contributed by atoms with E-state index in [1.807, 2.05) is 0 Å². The van der Waals surface area contributed by atoms with Crippen LogP contribution < -0.4 is 11.1 Å². The maximum Gasteiger partial charge on any atom is 0.247 e. The molecule has 0 aliphatic heterocycles. The number of nitrogens with one attached hydrogen (secondary N) is 1. The Morgan fingerprint density at radius 1 is 1.09 bits per heavy atom. The Labute approximate surface area is 127 Å². The Bertz CT molecular complexity index is 774. The summed E-state index contributed by atoms with van der Waals surface area (Å²) in [5, 5.41) is 2.57. The second kappa shape index (κ2) is 5.11. The maximum atomic E-state index is 12.8. The third-order valence-electron chi connectivity index (χ3n) is 3.91. The maximum absolute atomic E-state index is 12.8. The summed E-state index contributed by atoms with van der Waals surface area (Å²) in [6, 6.07) is 3.05. The molecular formula is C17H14N2O3. The second-order valence-corrected chi connectivity index (χ2v) is 5.20. The van der Waals surface area contributed by atoms with Gasteiger partial charge < -0.3 is 11.1 Å². The van der Waals surface area contributed by atoms with Crippen LogP contribution in [0.15, 0.2) is 49.1 Å². The Balaban J connectivity index is 2.20. The van der Waals surface area contributed by atoms with E-state index in [4.69, 9.17) is 5.73 Å². The molecule has 2 aliphatic rings. The SMILES string of the molecule is C=CC(=O)Nc1ccc(N)c2c1C(=O)C1C=CC=CC1C2=O. The molecule has 0 bridgehead atoms. The Morgan fingerprint density at radius 3 is 2.27 bits per heavy atom. The average molecular weight is 294 g/mol. The third kappa shape index (κ3) is 1.98. The second-order valence-electron chi connectivity index (χ2n) is 5.20. The summed E-state index contributed by atoms with van der Waals surface area (Å²) < 4.78 is 0.